The molecule has 4 rings (SSSR count). The highest BCUT2D eigenvalue weighted by Crippen LogP contribution is 2.25. The fraction of sp³-hybridized carbons (Fsp3) is 0.292. The van der Waals surface area contributed by atoms with Crippen LogP contribution in [-0.2, 0) is 0 Å². The van der Waals surface area contributed by atoms with Gasteiger partial charge in [-0.2, -0.15) is 0 Å². The van der Waals surface area contributed by atoms with Crippen LogP contribution in [0.5, 0.6) is 11.5 Å². The number of halogens is 1. The molecule has 0 aliphatic carbocycles. The van der Waals surface area contributed by atoms with Crippen molar-refractivity contribution >= 4 is 5.91 Å². The van der Waals surface area contributed by atoms with Crippen LogP contribution in [-0.4, -0.2) is 53.6 Å². The number of rotatable bonds is 7. The topological polar surface area (TPSA) is 64.1 Å². The minimum atomic E-state index is -0.307. The Bertz CT molecular complexity index is 1030. The zero-order valence-electron chi connectivity index (χ0n) is 17.6. The van der Waals surface area contributed by atoms with Crippen molar-refractivity contribution in [2.24, 2.45) is 0 Å². The molecular weight excluding hydrogens is 395 g/mol. The number of nitrogens with one attached hydrogen (secondary N) is 1. The van der Waals surface area contributed by atoms with E-state index in [2.05, 4.69) is 22.3 Å². The van der Waals surface area contributed by atoms with E-state index in [1.807, 2.05) is 12.1 Å². The summed E-state index contributed by atoms with van der Waals surface area (Å²) < 4.78 is 19.7. The Balaban J connectivity index is 1.38. The van der Waals surface area contributed by atoms with Crippen molar-refractivity contribution in [3.8, 4) is 22.8 Å². The molecular formula is C24H26FN4O2+. The van der Waals surface area contributed by atoms with E-state index >= 15 is 0 Å². The van der Waals surface area contributed by atoms with Crippen LogP contribution in [0, 0.1) is 5.82 Å². The Labute approximate surface area is 181 Å². The van der Waals surface area contributed by atoms with Gasteiger partial charge < -0.3 is 14.5 Å². The van der Waals surface area contributed by atoms with Crippen molar-refractivity contribution in [3.63, 3.8) is 0 Å². The van der Waals surface area contributed by atoms with Gasteiger partial charge in [0.25, 0.3) is 5.91 Å². The zero-order valence-corrected chi connectivity index (χ0v) is 17.6. The molecule has 2 aromatic carbocycles. The van der Waals surface area contributed by atoms with Crippen LogP contribution in [0.1, 0.15) is 23.5 Å². The predicted octanol–water partition coefficient (Wildman–Crippen LogP) is 4.05. The fourth-order valence-electron chi connectivity index (χ4n) is 3.80. The van der Waals surface area contributed by atoms with E-state index in [0.29, 0.717) is 23.7 Å². The maximum Gasteiger partial charge on any atom is 0.289 e. The van der Waals surface area contributed by atoms with Crippen molar-refractivity contribution in [3.05, 3.63) is 72.4 Å². The number of likely N-dealkylation sites (tertiary alicyclic amines) is 1. The van der Waals surface area contributed by atoms with Crippen molar-refractivity contribution < 1.29 is 18.4 Å². The number of carbonyl (C=O) groups excluding carboxylic acids is 1. The van der Waals surface area contributed by atoms with Gasteiger partial charge in [-0.3, -0.25) is 4.79 Å². The molecule has 1 amide bonds. The van der Waals surface area contributed by atoms with Gasteiger partial charge in [-0.05, 0) is 54.6 Å². The summed E-state index contributed by atoms with van der Waals surface area (Å²) in [5.74, 6) is 0.774. The molecule has 0 unspecified atom stereocenters. The molecule has 160 valence electrons. The van der Waals surface area contributed by atoms with Gasteiger partial charge in [0, 0.05) is 24.6 Å². The minimum Gasteiger partial charge on any atom is -0.457 e. The Kier molecular flexibility index (Phi) is 6.23. The summed E-state index contributed by atoms with van der Waals surface area (Å²) in [6.45, 7) is 3.87. The molecule has 2 heterocycles. The summed E-state index contributed by atoms with van der Waals surface area (Å²) in [5, 5.41) is 2.94. The summed E-state index contributed by atoms with van der Waals surface area (Å²) in [6, 6.07) is 15.0. The largest absolute Gasteiger partial charge is 0.457 e. The molecule has 1 saturated heterocycles. The molecule has 0 radical (unpaired) electrons. The highest BCUT2D eigenvalue weighted by Gasteiger charge is 2.26. The van der Waals surface area contributed by atoms with Crippen molar-refractivity contribution in [1.82, 2.24) is 15.3 Å². The van der Waals surface area contributed by atoms with Crippen molar-refractivity contribution in [1.29, 1.82) is 0 Å². The molecule has 3 aromatic rings. The Morgan fingerprint density at radius 2 is 1.68 bits per heavy atom. The number of hydrogen-bond acceptors (Lipinski definition) is 4. The van der Waals surface area contributed by atoms with Crippen LogP contribution in [0.25, 0.3) is 11.3 Å². The average Bonchev–Trinajstić information content (AvgIpc) is 3.22. The molecule has 0 bridgehead atoms. The second kappa shape index (κ2) is 9.22. The Morgan fingerprint density at radius 3 is 2.35 bits per heavy atom. The minimum absolute atomic E-state index is 0.160. The average molecular weight is 421 g/mol. The highest BCUT2D eigenvalue weighted by atomic mass is 19.1. The molecule has 31 heavy (non-hydrogen) atoms. The molecule has 0 saturated carbocycles. The van der Waals surface area contributed by atoms with Gasteiger partial charge in [-0.1, -0.05) is 0 Å². The quantitative estimate of drug-likeness (QED) is 0.585. The summed E-state index contributed by atoms with van der Waals surface area (Å²) in [5.41, 5.74) is 1.50. The van der Waals surface area contributed by atoms with Gasteiger partial charge in [0.05, 0.1) is 38.9 Å². The number of benzene rings is 2. The van der Waals surface area contributed by atoms with Gasteiger partial charge in [-0.25, -0.2) is 14.4 Å². The first-order valence-electron chi connectivity index (χ1n) is 10.5. The van der Waals surface area contributed by atoms with Crippen molar-refractivity contribution in [2.75, 3.05) is 33.2 Å². The number of amides is 1. The van der Waals surface area contributed by atoms with Crippen LogP contribution < -0.4 is 10.1 Å². The normalized spacial score (nSPS) is 14.9. The highest BCUT2D eigenvalue weighted by molar-refractivity contribution is 5.90. The molecule has 0 spiro atoms. The summed E-state index contributed by atoms with van der Waals surface area (Å²) in [7, 11) is 2.24. The van der Waals surface area contributed by atoms with Gasteiger partial charge in [0.15, 0.2) is 0 Å². The first-order chi connectivity index (χ1) is 15.0. The molecule has 7 heteroatoms. The van der Waals surface area contributed by atoms with Gasteiger partial charge in [0.2, 0.25) is 5.82 Å². The molecule has 0 atom stereocenters. The monoisotopic (exact) mass is 421 g/mol. The van der Waals surface area contributed by atoms with E-state index in [1.54, 1.807) is 36.5 Å². The van der Waals surface area contributed by atoms with E-state index < -0.39 is 0 Å². The van der Waals surface area contributed by atoms with E-state index in [-0.39, 0.29) is 17.5 Å². The lowest BCUT2D eigenvalue weighted by molar-refractivity contribution is -0.896. The number of aromatic nitrogens is 2. The molecule has 1 aliphatic rings. The lowest BCUT2D eigenvalue weighted by atomic mass is 10.1. The van der Waals surface area contributed by atoms with E-state index in [9.17, 15) is 9.18 Å². The van der Waals surface area contributed by atoms with E-state index in [1.165, 1.54) is 38.1 Å². The van der Waals surface area contributed by atoms with Crippen LogP contribution in [0.15, 0.2) is 60.8 Å². The number of hydrogen-bond donors (Lipinski definition) is 1. The predicted molar refractivity (Wildman–Crippen MR) is 116 cm³/mol. The molecule has 1 N–H and O–H groups in total. The third kappa shape index (κ3) is 5.44. The zero-order chi connectivity index (χ0) is 21.7. The van der Waals surface area contributed by atoms with E-state index in [4.69, 9.17) is 4.74 Å². The van der Waals surface area contributed by atoms with Gasteiger partial charge in [0.1, 0.15) is 17.3 Å². The third-order valence-electron chi connectivity index (χ3n) is 5.64. The second-order valence-electron chi connectivity index (χ2n) is 8.10. The first kappa shape index (κ1) is 20.9. The fourth-order valence-corrected chi connectivity index (χ4v) is 3.80. The van der Waals surface area contributed by atoms with Crippen LogP contribution in [0.3, 0.4) is 0 Å². The second-order valence-corrected chi connectivity index (χ2v) is 8.10. The van der Waals surface area contributed by atoms with E-state index in [0.717, 1.165) is 16.6 Å². The van der Waals surface area contributed by atoms with Crippen LogP contribution >= 0.6 is 0 Å². The lowest BCUT2D eigenvalue weighted by Gasteiger charge is -2.29. The smallest absolute Gasteiger partial charge is 0.289 e. The SMILES string of the molecule is C[N+]1(CCNC(=O)c2nccc(-c3ccc(Oc4ccc(F)cc4)cc3)n2)CCCC1. The van der Waals surface area contributed by atoms with Gasteiger partial charge in [-0.15, -0.1) is 0 Å². The molecule has 1 aliphatic heterocycles. The lowest BCUT2D eigenvalue weighted by Crippen LogP contribution is -2.46. The van der Waals surface area contributed by atoms with Gasteiger partial charge >= 0.3 is 0 Å². The first-order valence-corrected chi connectivity index (χ1v) is 10.5. The number of ether oxygens (including phenoxy) is 1. The number of nitrogens with zero attached hydrogens (tertiary/aromatic N) is 3. The van der Waals surface area contributed by atoms with Crippen LogP contribution in [0.4, 0.5) is 4.39 Å². The third-order valence-corrected chi connectivity index (χ3v) is 5.64. The number of quaternary nitrogens is 1. The summed E-state index contributed by atoms with van der Waals surface area (Å²) in [6.07, 6.45) is 4.10. The molecule has 1 fully saturated rings. The summed E-state index contributed by atoms with van der Waals surface area (Å²) in [4.78, 5) is 21.1. The Morgan fingerprint density at radius 1 is 1.03 bits per heavy atom. The van der Waals surface area contributed by atoms with Crippen molar-refractivity contribution in [2.45, 2.75) is 12.8 Å². The maximum absolute atomic E-state index is 13.0. The van der Waals surface area contributed by atoms with Crippen LogP contribution in [0.2, 0.25) is 0 Å². The number of likely N-dealkylation sites (N-methyl/N-ethyl adjacent to an activating group) is 1. The molecule has 1 aromatic heterocycles. The number of carbonyl (C=O) groups is 1. The maximum atomic E-state index is 13.0. The summed E-state index contributed by atoms with van der Waals surface area (Å²) >= 11 is 0. The Hall–Kier alpha value is -3.32. The standard InChI is InChI=1S/C24H25FN4O2/c1-29(15-2-3-16-29)17-14-27-24(30)23-26-13-12-22(28-23)18-4-8-20(9-5-18)31-21-10-6-19(25)7-11-21/h4-13H,2-3,14-17H2,1H3/p+1. The molecule has 6 nitrogen and oxygen atoms in total.